The van der Waals surface area contributed by atoms with Crippen LogP contribution in [0.4, 0.5) is 10.5 Å². The van der Waals surface area contributed by atoms with Crippen molar-refractivity contribution in [2.45, 2.75) is 13.8 Å². The van der Waals surface area contributed by atoms with Crippen molar-refractivity contribution in [1.82, 2.24) is 9.88 Å². The van der Waals surface area contributed by atoms with Crippen LogP contribution in [0, 0.1) is 13.8 Å². The van der Waals surface area contributed by atoms with Gasteiger partial charge in [0.1, 0.15) is 5.70 Å². The first-order valence-electron chi connectivity index (χ1n) is 8.83. The second kappa shape index (κ2) is 7.02. The molecule has 140 valence electrons. The molecule has 5 nitrogen and oxygen atoms in total. The number of halogens is 1. The van der Waals surface area contributed by atoms with Crippen molar-refractivity contribution in [2.75, 3.05) is 4.90 Å². The van der Waals surface area contributed by atoms with Crippen LogP contribution in [-0.2, 0) is 4.79 Å². The summed E-state index contributed by atoms with van der Waals surface area (Å²) in [6.45, 7) is 3.97. The summed E-state index contributed by atoms with van der Waals surface area (Å²) in [5.74, 6) is -0.368. The Balaban J connectivity index is 1.70. The van der Waals surface area contributed by atoms with E-state index in [0.717, 1.165) is 27.5 Å². The topological polar surface area (TPSA) is 54.3 Å². The second-order valence-corrected chi connectivity index (χ2v) is 7.04. The number of benzene rings is 2. The van der Waals surface area contributed by atoms with Crippen LogP contribution < -0.4 is 10.2 Å². The Hall–Kier alpha value is -3.31. The number of hydrogen-bond acceptors (Lipinski definition) is 2. The molecule has 2 aromatic carbocycles. The summed E-state index contributed by atoms with van der Waals surface area (Å²) in [6.07, 6.45) is 1.72. The van der Waals surface area contributed by atoms with Gasteiger partial charge in [0.2, 0.25) is 0 Å². The molecular formula is C22H18ClN3O2. The summed E-state index contributed by atoms with van der Waals surface area (Å²) in [5, 5.41) is 3.35. The molecule has 28 heavy (non-hydrogen) atoms. The number of carbonyl (C=O) groups is 2. The summed E-state index contributed by atoms with van der Waals surface area (Å²) >= 11 is 5.99. The van der Waals surface area contributed by atoms with Gasteiger partial charge < -0.3 is 9.88 Å². The van der Waals surface area contributed by atoms with Gasteiger partial charge in [-0.15, -0.1) is 0 Å². The SMILES string of the molecule is Cc1cc(C=C2NC(=O)N(c3ccccc3)C2=O)c(C)n1-c1ccc(Cl)cc1. The van der Waals surface area contributed by atoms with Crippen LogP contribution in [0.25, 0.3) is 11.8 Å². The maximum absolute atomic E-state index is 12.8. The first kappa shape index (κ1) is 18.1. The van der Waals surface area contributed by atoms with Crippen molar-refractivity contribution in [2.24, 2.45) is 0 Å². The molecule has 0 atom stereocenters. The molecule has 0 saturated carbocycles. The van der Waals surface area contributed by atoms with Gasteiger partial charge in [-0.2, -0.15) is 0 Å². The van der Waals surface area contributed by atoms with Gasteiger partial charge in [-0.25, -0.2) is 9.69 Å². The zero-order chi connectivity index (χ0) is 19.8. The van der Waals surface area contributed by atoms with E-state index >= 15 is 0 Å². The number of urea groups is 1. The Morgan fingerprint density at radius 2 is 1.61 bits per heavy atom. The third-order valence-electron chi connectivity index (χ3n) is 4.75. The Morgan fingerprint density at radius 1 is 0.929 bits per heavy atom. The summed E-state index contributed by atoms with van der Waals surface area (Å²) in [5.41, 5.74) is 4.63. The highest BCUT2D eigenvalue weighted by atomic mass is 35.5. The van der Waals surface area contributed by atoms with Crippen LogP contribution in [0.2, 0.25) is 5.02 Å². The van der Waals surface area contributed by atoms with Crippen LogP contribution in [0.3, 0.4) is 0 Å². The average molecular weight is 392 g/mol. The molecule has 0 bridgehead atoms. The number of rotatable bonds is 3. The number of para-hydroxylation sites is 1. The third kappa shape index (κ3) is 3.10. The number of aryl methyl sites for hydroxylation is 1. The van der Waals surface area contributed by atoms with Crippen molar-refractivity contribution < 1.29 is 9.59 Å². The van der Waals surface area contributed by atoms with Crippen molar-refractivity contribution in [1.29, 1.82) is 0 Å². The molecule has 1 aliphatic rings. The molecule has 1 fully saturated rings. The summed E-state index contributed by atoms with van der Waals surface area (Å²) in [6, 6.07) is 18.0. The monoisotopic (exact) mass is 391 g/mol. The highest BCUT2D eigenvalue weighted by Crippen LogP contribution is 2.26. The lowest BCUT2D eigenvalue weighted by Gasteiger charge is -2.11. The highest BCUT2D eigenvalue weighted by Gasteiger charge is 2.34. The van der Waals surface area contributed by atoms with E-state index in [0.29, 0.717) is 10.7 Å². The maximum atomic E-state index is 12.8. The fraction of sp³-hybridized carbons (Fsp3) is 0.0909. The minimum atomic E-state index is -0.450. The number of amides is 3. The van der Waals surface area contributed by atoms with E-state index in [9.17, 15) is 9.59 Å². The minimum absolute atomic E-state index is 0.255. The van der Waals surface area contributed by atoms with E-state index in [1.165, 1.54) is 0 Å². The predicted molar refractivity (Wildman–Crippen MR) is 111 cm³/mol. The lowest BCUT2D eigenvalue weighted by atomic mass is 10.2. The largest absolute Gasteiger partial charge is 0.333 e. The summed E-state index contributed by atoms with van der Waals surface area (Å²) < 4.78 is 2.08. The molecule has 0 unspecified atom stereocenters. The number of nitrogens with zero attached hydrogens (tertiary/aromatic N) is 2. The lowest BCUT2D eigenvalue weighted by molar-refractivity contribution is -0.113. The molecule has 3 amide bonds. The zero-order valence-corrected chi connectivity index (χ0v) is 16.2. The maximum Gasteiger partial charge on any atom is 0.333 e. The molecule has 1 saturated heterocycles. The van der Waals surface area contributed by atoms with Gasteiger partial charge in [-0.05, 0) is 68.0 Å². The summed E-state index contributed by atoms with van der Waals surface area (Å²) in [4.78, 5) is 26.3. The van der Waals surface area contributed by atoms with Crippen molar-refractivity contribution in [3.05, 3.63) is 88.3 Å². The number of imide groups is 1. The van der Waals surface area contributed by atoms with E-state index < -0.39 is 6.03 Å². The fourth-order valence-electron chi connectivity index (χ4n) is 3.42. The molecule has 0 aliphatic carbocycles. The van der Waals surface area contributed by atoms with Crippen LogP contribution >= 0.6 is 11.6 Å². The predicted octanol–water partition coefficient (Wildman–Crippen LogP) is 4.84. The van der Waals surface area contributed by atoms with E-state index in [2.05, 4.69) is 9.88 Å². The Labute approximate surface area is 167 Å². The normalized spacial score (nSPS) is 15.4. The molecule has 0 radical (unpaired) electrons. The minimum Gasteiger partial charge on any atom is -0.318 e. The molecule has 1 N–H and O–H groups in total. The van der Waals surface area contributed by atoms with Gasteiger partial charge in [0, 0.05) is 22.1 Å². The first-order chi connectivity index (χ1) is 13.5. The zero-order valence-electron chi connectivity index (χ0n) is 15.4. The number of anilines is 1. The van der Waals surface area contributed by atoms with Crippen LogP contribution in [0.5, 0.6) is 0 Å². The van der Waals surface area contributed by atoms with E-state index in [1.807, 2.05) is 50.2 Å². The molecule has 4 rings (SSSR count). The fourth-order valence-corrected chi connectivity index (χ4v) is 3.55. The van der Waals surface area contributed by atoms with E-state index in [-0.39, 0.29) is 11.6 Å². The van der Waals surface area contributed by atoms with Crippen molar-refractivity contribution >= 4 is 35.3 Å². The van der Waals surface area contributed by atoms with Crippen LogP contribution in [-0.4, -0.2) is 16.5 Å². The number of carbonyl (C=O) groups excluding carboxylic acids is 2. The molecular weight excluding hydrogens is 374 g/mol. The smallest absolute Gasteiger partial charge is 0.318 e. The van der Waals surface area contributed by atoms with E-state index in [4.69, 9.17) is 11.6 Å². The van der Waals surface area contributed by atoms with Gasteiger partial charge >= 0.3 is 6.03 Å². The van der Waals surface area contributed by atoms with Gasteiger partial charge in [-0.1, -0.05) is 29.8 Å². The quantitative estimate of drug-likeness (QED) is 0.512. The van der Waals surface area contributed by atoms with Crippen LogP contribution in [0.1, 0.15) is 17.0 Å². The molecule has 3 aromatic rings. The molecule has 6 heteroatoms. The van der Waals surface area contributed by atoms with Gasteiger partial charge in [0.15, 0.2) is 0 Å². The standard InChI is InChI=1S/C22H18ClN3O2/c1-14-12-16(15(2)25(14)19-10-8-17(23)9-11-19)13-20-21(27)26(22(28)24-20)18-6-4-3-5-7-18/h3-13H,1-2H3,(H,24,28). The Kier molecular flexibility index (Phi) is 4.53. The van der Waals surface area contributed by atoms with E-state index in [1.54, 1.807) is 30.3 Å². The number of aromatic nitrogens is 1. The van der Waals surface area contributed by atoms with Crippen LogP contribution in [0.15, 0.2) is 66.4 Å². The summed E-state index contributed by atoms with van der Waals surface area (Å²) in [7, 11) is 0. The molecule has 1 aromatic heterocycles. The highest BCUT2D eigenvalue weighted by molar-refractivity contribution is 6.30. The van der Waals surface area contributed by atoms with Crippen molar-refractivity contribution in [3.63, 3.8) is 0 Å². The second-order valence-electron chi connectivity index (χ2n) is 6.60. The lowest BCUT2D eigenvalue weighted by Crippen LogP contribution is -2.30. The average Bonchev–Trinajstić information content (AvgIpc) is 3.12. The molecule has 0 spiro atoms. The number of nitrogens with one attached hydrogen (secondary N) is 1. The third-order valence-corrected chi connectivity index (χ3v) is 5.00. The van der Waals surface area contributed by atoms with Gasteiger partial charge in [0.25, 0.3) is 5.91 Å². The van der Waals surface area contributed by atoms with Gasteiger partial charge in [0.05, 0.1) is 5.69 Å². The first-order valence-corrected chi connectivity index (χ1v) is 9.20. The molecule has 2 heterocycles. The Bertz CT molecular complexity index is 1100. The Morgan fingerprint density at radius 3 is 2.29 bits per heavy atom. The van der Waals surface area contributed by atoms with Gasteiger partial charge in [-0.3, -0.25) is 4.79 Å². The number of hydrogen-bond donors (Lipinski definition) is 1. The molecule has 1 aliphatic heterocycles. The van der Waals surface area contributed by atoms with Crippen molar-refractivity contribution in [3.8, 4) is 5.69 Å².